The van der Waals surface area contributed by atoms with Gasteiger partial charge in [0.25, 0.3) is 0 Å². The quantitative estimate of drug-likeness (QED) is 0.361. The molecule has 0 heterocycles. The van der Waals surface area contributed by atoms with Crippen molar-refractivity contribution in [1.82, 2.24) is 0 Å². The second-order valence-corrected chi connectivity index (χ2v) is 4.04. The average Bonchev–Trinajstić information content (AvgIpc) is 2.16. The van der Waals surface area contributed by atoms with Gasteiger partial charge in [-0.1, -0.05) is 24.8 Å². The second kappa shape index (κ2) is 4.24. The number of esters is 1. The molecule has 0 atom stereocenters. The highest BCUT2D eigenvalue weighted by molar-refractivity contribution is 7.90. The highest BCUT2D eigenvalue weighted by Gasteiger charge is 2.21. The number of carbonyl (C=O) groups is 1. The van der Waals surface area contributed by atoms with Crippen molar-refractivity contribution < 1.29 is 22.5 Å². The molecule has 5 nitrogen and oxygen atoms in total. The van der Waals surface area contributed by atoms with Gasteiger partial charge in [0.1, 0.15) is 5.75 Å². The van der Waals surface area contributed by atoms with Gasteiger partial charge in [-0.15, -0.1) is 0 Å². The molecule has 0 bridgehead atoms. The lowest BCUT2D eigenvalue weighted by atomic mass is 10.3. The van der Waals surface area contributed by atoms with Crippen LogP contribution < -0.4 is 4.74 Å². The van der Waals surface area contributed by atoms with Gasteiger partial charge in [0.15, 0.2) is 4.91 Å². The molecule has 0 aliphatic heterocycles. The molecule has 1 aromatic carbocycles. The molecule has 0 saturated carbocycles. The van der Waals surface area contributed by atoms with E-state index in [1.165, 1.54) is 12.1 Å². The Kier molecular flexibility index (Phi) is 3.23. The smallest absolute Gasteiger partial charge is 0.357 e. The average molecular weight is 228 g/mol. The van der Waals surface area contributed by atoms with E-state index in [1.807, 2.05) is 0 Å². The van der Waals surface area contributed by atoms with Crippen LogP contribution in [0.4, 0.5) is 0 Å². The maximum atomic E-state index is 11.1. The Morgan fingerprint density at radius 2 is 1.80 bits per heavy atom. The van der Waals surface area contributed by atoms with Crippen molar-refractivity contribution >= 4 is 16.1 Å². The number of carbonyl (C=O) groups excluding carboxylic acids is 1. The minimum atomic E-state index is -4.59. The summed E-state index contributed by atoms with van der Waals surface area (Å²) in [5.74, 6) is -1.03. The van der Waals surface area contributed by atoms with Crippen LogP contribution in [0.1, 0.15) is 0 Å². The Morgan fingerprint density at radius 3 is 2.27 bits per heavy atom. The molecule has 0 spiro atoms. The van der Waals surface area contributed by atoms with Gasteiger partial charge in [-0.3, -0.25) is 4.55 Å². The Morgan fingerprint density at radius 1 is 1.27 bits per heavy atom. The fourth-order valence-electron chi connectivity index (χ4n) is 0.758. The van der Waals surface area contributed by atoms with Gasteiger partial charge in [-0.05, 0) is 12.1 Å². The lowest BCUT2D eigenvalue weighted by Crippen LogP contribution is -2.17. The number of para-hydroxylation sites is 1. The molecule has 1 aromatic rings. The summed E-state index contributed by atoms with van der Waals surface area (Å²) in [6, 6.07) is 7.86. The normalized spacial score (nSPS) is 10.7. The number of benzene rings is 1. The molecule has 80 valence electrons. The molecular formula is C9H8O5S. The Balaban J connectivity index is 2.78. The van der Waals surface area contributed by atoms with Crippen molar-refractivity contribution in [2.45, 2.75) is 0 Å². The minimum Gasteiger partial charge on any atom is -0.422 e. The molecule has 0 radical (unpaired) electrons. The maximum absolute atomic E-state index is 11.1. The third-order valence-electron chi connectivity index (χ3n) is 1.49. The molecule has 0 saturated heterocycles. The largest absolute Gasteiger partial charge is 0.422 e. The predicted molar refractivity (Wildman–Crippen MR) is 52.8 cm³/mol. The number of ether oxygens (including phenoxy) is 1. The van der Waals surface area contributed by atoms with E-state index in [2.05, 4.69) is 11.3 Å². The fourth-order valence-corrected chi connectivity index (χ4v) is 1.01. The van der Waals surface area contributed by atoms with Crippen molar-refractivity contribution in [1.29, 1.82) is 0 Å². The molecule has 1 rings (SSSR count). The van der Waals surface area contributed by atoms with Crippen LogP contribution in [0.3, 0.4) is 0 Å². The first kappa shape index (κ1) is 11.4. The summed E-state index contributed by atoms with van der Waals surface area (Å²) in [5, 5.41) is 0. The molecule has 0 aliphatic carbocycles. The second-order valence-electron chi connectivity index (χ2n) is 2.60. The van der Waals surface area contributed by atoms with Gasteiger partial charge < -0.3 is 4.74 Å². The van der Waals surface area contributed by atoms with Crippen LogP contribution in [-0.4, -0.2) is 18.9 Å². The molecule has 0 amide bonds. The van der Waals surface area contributed by atoms with E-state index in [-0.39, 0.29) is 5.75 Å². The zero-order valence-electron chi connectivity index (χ0n) is 7.58. The highest BCUT2D eigenvalue weighted by atomic mass is 32.2. The Hall–Kier alpha value is -1.66. The topological polar surface area (TPSA) is 80.7 Å². The molecular weight excluding hydrogens is 220 g/mol. The van der Waals surface area contributed by atoms with E-state index >= 15 is 0 Å². The first-order valence-corrected chi connectivity index (χ1v) is 5.29. The first-order valence-electron chi connectivity index (χ1n) is 3.85. The fraction of sp³-hybridized carbons (Fsp3) is 0. The van der Waals surface area contributed by atoms with Gasteiger partial charge in [0.2, 0.25) is 0 Å². The van der Waals surface area contributed by atoms with E-state index in [1.54, 1.807) is 18.2 Å². The molecule has 6 heteroatoms. The van der Waals surface area contributed by atoms with Crippen LogP contribution in [0.15, 0.2) is 41.8 Å². The zero-order chi connectivity index (χ0) is 11.5. The molecule has 15 heavy (non-hydrogen) atoms. The summed E-state index contributed by atoms with van der Waals surface area (Å²) in [6.45, 7) is 2.91. The van der Waals surface area contributed by atoms with Crippen LogP contribution in [0.25, 0.3) is 0 Å². The van der Waals surface area contributed by atoms with Gasteiger partial charge in [0.05, 0.1) is 0 Å². The van der Waals surface area contributed by atoms with Crippen molar-refractivity contribution in [3.63, 3.8) is 0 Å². The lowest BCUT2D eigenvalue weighted by molar-refractivity contribution is -0.129. The number of rotatable bonds is 3. The van der Waals surface area contributed by atoms with Crippen molar-refractivity contribution in [3.05, 3.63) is 41.8 Å². The summed E-state index contributed by atoms with van der Waals surface area (Å²) in [4.78, 5) is 10.1. The van der Waals surface area contributed by atoms with Crippen LogP contribution >= 0.6 is 0 Å². The minimum absolute atomic E-state index is 0.173. The summed E-state index contributed by atoms with van der Waals surface area (Å²) in [5.41, 5.74) is 0. The van der Waals surface area contributed by atoms with Gasteiger partial charge >= 0.3 is 16.1 Å². The van der Waals surface area contributed by atoms with Crippen LogP contribution in [-0.2, 0) is 14.9 Å². The van der Waals surface area contributed by atoms with Crippen molar-refractivity contribution in [2.75, 3.05) is 0 Å². The third kappa shape index (κ3) is 3.19. The maximum Gasteiger partial charge on any atom is 0.357 e. The van der Waals surface area contributed by atoms with Crippen molar-refractivity contribution in [3.8, 4) is 5.75 Å². The molecule has 0 fully saturated rings. The standard InChI is InChI=1S/C9H8O5S/c1-7(15(11,12)13)9(10)14-8-5-3-2-4-6-8/h2-6H,1H2,(H,11,12,13). The predicted octanol–water partition coefficient (Wildman–Crippen LogP) is 0.994. The first-order chi connectivity index (χ1) is 6.91. The SMILES string of the molecule is C=C(C(=O)Oc1ccccc1)S(=O)(=O)O. The summed E-state index contributed by atoms with van der Waals surface area (Å²) < 4.78 is 34.2. The Labute approximate surface area is 86.7 Å². The summed E-state index contributed by atoms with van der Waals surface area (Å²) in [6.07, 6.45) is 0. The summed E-state index contributed by atoms with van der Waals surface area (Å²) >= 11 is 0. The van der Waals surface area contributed by atoms with E-state index in [0.29, 0.717) is 0 Å². The van der Waals surface area contributed by atoms with E-state index in [9.17, 15) is 13.2 Å². The van der Waals surface area contributed by atoms with E-state index in [0.717, 1.165) is 0 Å². The molecule has 0 unspecified atom stereocenters. The van der Waals surface area contributed by atoms with Gasteiger partial charge in [0, 0.05) is 0 Å². The van der Waals surface area contributed by atoms with Crippen LogP contribution in [0.5, 0.6) is 5.75 Å². The van der Waals surface area contributed by atoms with Crippen LogP contribution in [0, 0.1) is 0 Å². The molecule has 0 aliphatic rings. The number of hydrogen-bond donors (Lipinski definition) is 1. The molecule has 0 aromatic heterocycles. The van der Waals surface area contributed by atoms with Crippen molar-refractivity contribution in [2.24, 2.45) is 0 Å². The summed E-state index contributed by atoms with van der Waals surface area (Å²) in [7, 11) is -4.59. The monoisotopic (exact) mass is 228 g/mol. The van der Waals surface area contributed by atoms with E-state index in [4.69, 9.17) is 4.55 Å². The highest BCUT2D eigenvalue weighted by Crippen LogP contribution is 2.12. The van der Waals surface area contributed by atoms with Gasteiger partial charge in [-0.25, -0.2) is 4.79 Å². The number of hydrogen-bond acceptors (Lipinski definition) is 4. The van der Waals surface area contributed by atoms with Gasteiger partial charge in [-0.2, -0.15) is 8.42 Å². The Bertz CT molecular complexity index is 474. The lowest BCUT2D eigenvalue weighted by Gasteiger charge is -2.03. The third-order valence-corrected chi connectivity index (χ3v) is 2.28. The zero-order valence-corrected chi connectivity index (χ0v) is 8.40. The van der Waals surface area contributed by atoms with E-state index < -0.39 is 21.0 Å². The molecule has 1 N–H and O–H groups in total. The van der Waals surface area contributed by atoms with Crippen LogP contribution in [0.2, 0.25) is 0 Å².